The van der Waals surface area contributed by atoms with Gasteiger partial charge in [-0.1, -0.05) is 31.5 Å². The molecule has 1 aromatic heterocycles. The molecule has 17 heavy (non-hydrogen) atoms. The Morgan fingerprint density at radius 3 is 2.88 bits per heavy atom. The van der Waals surface area contributed by atoms with Gasteiger partial charge in [-0.15, -0.1) is 0 Å². The van der Waals surface area contributed by atoms with Crippen molar-refractivity contribution < 1.29 is 4.79 Å². The highest BCUT2D eigenvalue weighted by Gasteiger charge is 2.25. The van der Waals surface area contributed by atoms with Crippen LogP contribution < -0.4 is 0 Å². The van der Waals surface area contributed by atoms with Crippen molar-refractivity contribution in [2.75, 3.05) is 12.3 Å². The van der Waals surface area contributed by atoms with Gasteiger partial charge in [-0.25, -0.2) is 4.98 Å². The highest BCUT2D eigenvalue weighted by Crippen LogP contribution is 2.26. The molecule has 0 unspecified atom stereocenters. The predicted molar refractivity (Wildman–Crippen MR) is 71.4 cm³/mol. The second-order valence-corrected chi connectivity index (χ2v) is 5.82. The van der Waals surface area contributed by atoms with Gasteiger partial charge in [-0.2, -0.15) is 0 Å². The van der Waals surface area contributed by atoms with E-state index in [9.17, 15) is 4.79 Å². The maximum Gasteiger partial charge on any atom is 0.282 e. The van der Waals surface area contributed by atoms with Crippen LogP contribution in [0.5, 0.6) is 0 Å². The van der Waals surface area contributed by atoms with Crippen LogP contribution in [0.4, 0.5) is 0 Å². The number of hydrogen-bond donors (Lipinski definition) is 0. The number of aromatic nitrogens is 1. The normalized spacial score (nSPS) is 15.6. The Kier molecular flexibility index (Phi) is 3.94. The second-order valence-electron chi connectivity index (χ2n) is 4.32. The zero-order chi connectivity index (χ0) is 12.4. The highest BCUT2D eigenvalue weighted by molar-refractivity contribution is 7.97. The number of hydrogen-bond acceptors (Lipinski definition) is 3. The van der Waals surface area contributed by atoms with Crippen molar-refractivity contribution in [3.63, 3.8) is 0 Å². The Labute approximate surface area is 111 Å². The zero-order valence-electron chi connectivity index (χ0n) is 9.94. The lowest BCUT2D eigenvalue weighted by atomic mass is 10.0. The van der Waals surface area contributed by atoms with Crippen molar-refractivity contribution in [3.8, 4) is 0 Å². The molecule has 0 spiro atoms. The average Bonchev–Trinajstić information content (AvgIpc) is 2.80. The minimum Gasteiger partial charge on any atom is -0.281 e. The van der Waals surface area contributed by atoms with Crippen LogP contribution in [0.15, 0.2) is 12.1 Å². The summed E-state index contributed by atoms with van der Waals surface area (Å²) in [5, 5.41) is 0.377. The fourth-order valence-corrected chi connectivity index (χ4v) is 2.90. The molecule has 5 heteroatoms. The summed E-state index contributed by atoms with van der Waals surface area (Å²) in [5.74, 6) is 1.26. The van der Waals surface area contributed by atoms with Gasteiger partial charge in [-0.3, -0.25) is 9.10 Å². The lowest BCUT2D eigenvalue weighted by Crippen LogP contribution is -2.24. The molecule has 1 amide bonds. The van der Waals surface area contributed by atoms with E-state index in [0.29, 0.717) is 10.8 Å². The van der Waals surface area contributed by atoms with E-state index in [-0.39, 0.29) is 11.8 Å². The lowest BCUT2D eigenvalue weighted by molar-refractivity contribution is 0.0871. The van der Waals surface area contributed by atoms with Crippen molar-refractivity contribution in [1.29, 1.82) is 0 Å². The van der Waals surface area contributed by atoms with Gasteiger partial charge in [0.1, 0.15) is 10.8 Å². The van der Waals surface area contributed by atoms with Crippen LogP contribution in [-0.4, -0.2) is 27.5 Å². The zero-order valence-corrected chi connectivity index (χ0v) is 11.5. The van der Waals surface area contributed by atoms with Gasteiger partial charge in [-0.05, 0) is 35.9 Å². The van der Waals surface area contributed by atoms with Crippen molar-refractivity contribution in [3.05, 3.63) is 28.5 Å². The third kappa shape index (κ3) is 2.75. The molecule has 1 aliphatic rings. The minimum atomic E-state index is -0.0151. The van der Waals surface area contributed by atoms with Gasteiger partial charge in [0.2, 0.25) is 0 Å². The summed E-state index contributed by atoms with van der Waals surface area (Å²) in [7, 11) is 0. The first kappa shape index (κ1) is 12.7. The molecule has 2 heterocycles. The lowest BCUT2D eigenvalue weighted by Gasteiger charge is -2.17. The van der Waals surface area contributed by atoms with Crippen LogP contribution in [0.3, 0.4) is 0 Å². The standard InChI is InChI=1S/C12H15ClN2OS/c1-8(2)9-4-5-10(13)14-11(9)12(16)15-6-3-7-17-15/h4-5,8H,3,6-7H2,1-2H3. The summed E-state index contributed by atoms with van der Waals surface area (Å²) < 4.78 is 1.78. The third-order valence-corrected chi connectivity index (χ3v) is 4.04. The Bertz CT molecular complexity index is 431. The number of carbonyl (C=O) groups excluding carboxylic acids is 1. The first-order valence-electron chi connectivity index (χ1n) is 5.71. The van der Waals surface area contributed by atoms with E-state index in [0.717, 1.165) is 24.3 Å². The Morgan fingerprint density at radius 1 is 1.53 bits per heavy atom. The summed E-state index contributed by atoms with van der Waals surface area (Å²) >= 11 is 7.46. The van der Waals surface area contributed by atoms with E-state index in [4.69, 9.17) is 11.6 Å². The molecule has 92 valence electrons. The summed E-state index contributed by atoms with van der Waals surface area (Å²) in [6.45, 7) is 4.91. The Hall–Kier alpha value is -0.740. The monoisotopic (exact) mass is 270 g/mol. The topological polar surface area (TPSA) is 33.2 Å². The Morgan fingerprint density at radius 2 is 2.29 bits per heavy atom. The van der Waals surface area contributed by atoms with E-state index in [1.807, 2.05) is 6.07 Å². The van der Waals surface area contributed by atoms with Gasteiger partial charge in [0, 0.05) is 12.3 Å². The van der Waals surface area contributed by atoms with Crippen LogP contribution >= 0.6 is 23.5 Å². The number of amides is 1. The fraction of sp³-hybridized carbons (Fsp3) is 0.500. The van der Waals surface area contributed by atoms with Crippen LogP contribution in [-0.2, 0) is 0 Å². The smallest absolute Gasteiger partial charge is 0.281 e. The molecule has 1 saturated heterocycles. The van der Waals surface area contributed by atoms with Gasteiger partial charge in [0.15, 0.2) is 0 Å². The number of rotatable bonds is 2. The number of carbonyl (C=O) groups is 1. The fourth-order valence-electron chi connectivity index (χ4n) is 1.81. The molecule has 3 nitrogen and oxygen atoms in total. The van der Waals surface area contributed by atoms with Crippen LogP contribution in [0.25, 0.3) is 0 Å². The third-order valence-electron chi connectivity index (χ3n) is 2.70. The molecule has 0 atom stereocenters. The molecule has 1 aromatic rings. The summed E-state index contributed by atoms with van der Waals surface area (Å²) in [5.41, 5.74) is 1.47. The van der Waals surface area contributed by atoms with E-state index in [1.165, 1.54) is 0 Å². The molecule has 1 aliphatic heterocycles. The second kappa shape index (κ2) is 5.27. The summed E-state index contributed by atoms with van der Waals surface area (Å²) in [4.78, 5) is 16.5. The molecule has 2 rings (SSSR count). The SMILES string of the molecule is CC(C)c1ccc(Cl)nc1C(=O)N1CCCS1. The van der Waals surface area contributed by atoms with Crippen LogP contribution in [0, 0.1) is 0 Å². The number of halogens is 1. The maximum absolute atomic E-state index is 12.3. The molecular formula is C12H15ClN2OS. The first-order valence-corrected chi connectivity index (χ1v) is 7.03. The summed E-state index contributed by atoms with van der Waals surface area (Å²) in [6.07, 6.45) is 1.05. The van der Waals surface area contributed by atoms with E-state index >= 15 is 0 Å². The molecule has 0 saturated carbocycles. The van der Waals surface area contributed by atoms with Gasteiger partial charge < -0.3 is 0 Å². The molecule has 0 N–H and O–H groups in total. The van der Waals surface area contributed by atoms with Gasteiger partial charge in [0.05, 0.1) is 0 Å². The number of nitrogens with zero attached hydrogens (tertiary/aromatic N) is 2. The predicted octanol–water partition coefficient (Wildman–Crippen LogP) is 3.35. The van der Waals surface area contributed by atoms with Crippen molar-refractivity contribution in [2.24, 2.45) is 0 Å². The van der Waals surface area contributed by atoms with Crippen molar-refractivity contribution in [1.82, 2.24) is 9.29 Å². The minimum absolute atomic E-state index is 0.0151. The molecule has 0 aromatic carbocycles. The quantitative estimate of drug-likeness (QED) is 0.610. The number of pyridine rings is 1. The van der Waals surface area contributed by atoms with Crippen molar-refractivity contribution >= 4 is 29.5 Å². The van der Waals surface area contributed by atoms with Crippen LogP contribution in [0.1, 0.15) is 42.2 Å². The molecule has 0 aliphatic carbocycles. The highest BCUT2D eigenvalue weighted by atomic mass is 35.5. The maximum atomic E-state index is 12.3. The van der Waals surface area contributed by atoms with Gasteiger partial charge in [0.25, 0.3) is 5.91 Å². The molecule has 0 bridgehead atoms. The summed E-state index contributed by atoms with van der Waals surface area (Å²) in [6, 6.07) is 3.64. The van der Waals surface area contributed by atoms with Crippen LogP contribution in [0.2, 0.25) is 5.15 Å². The first-order chi connectivity index (χ1) is 8.09. The molecular weight excluding hydrogens is 256 g/mol. The molecule has 1 fully saturated rings. The van der Waals surface area contributed by atoms with E-state index in [2.05, 4.69) is 18.8 Å². The molecule has 0 radical (unpaired) electrons. The van der Waals surface area contributed by atoms with E-state index in [1.54, 1.807) is 22.3 Å². The Balaban J connectivity index is 2.35. The van der Waals surface area contributed by atoms with Gasteiger partial charge >= 0.3 is 0 Å². The van der Waals surface area contributed by atoms with E-state index < -0.39 is 0 Å². The largest absolute Gasteiger partial charge is 0.282 e. The van der Waals surface area contributed by atoms with Crippen molar-refractivity contribution in [2.45, 2.75) is 26.2 Å². The average molecular weight is 271 g/mol.